The first-order valence-electron chi connectivity index (χ1n) is 7.48. The second-order valence-corrected chi connectivity index (χ2v) is 5.73. The molecule has 0 saturated carbocycles. The van der Waals surface area contributed by atoms with Crippen molar-refractivity contribution >= 4 is 18.2 Å². The van der Waals surface area contributed by atoms with Gasteiger partial charge in [0, 0.05) is 6.42 Å². The van der Waals surface area contributed by atoms with Crippen molar-refractivity contribution < 1.29 is 23.9 Å². The lowest BCUT2D eigenvalue weighted by molar-refractivity contribution is -0.165. The SMILES string of the molecule is CC[C@H](C)[C@@H](C=O)NC(C)(CC)C(=O)OC1CCOC1=O. The van der Waals surface area contributed by atoms with Gasteiger partial charge >= 0.3 is 11.9 Å². The van der Waals surface area contributed by atoms with Crippen molar-refractivity contribution in [3.63, 3.8) is 0 Å². The summed E-state index contributed by atoms with van der Waals surface area (Å²) in [6, 6.07) is -0.428. The molecule has 0 aromatic heterocycles. The number of rotatable bonds is 8. The van der Waals surface area contributed by atoms with E-state index < -0.39 is 29.6 Å². The summed E-state index contributed by atoms with van der Waals surface area (Å²) in [5, 5.41) is 3.07. The van der Waals surface area contributed by atoms with Gasteiger partial charge in [0.1, 0.15) is 11.8 Å². The molecule has 2 unspecified atom stereocenters. The Balaban J connectivity index is 2.74. The summed E-state index contributed by atoms with van der Waals surface area (Å²) in [7, 11) is 0. The van der Waals surface area contributed by atoms with Crippen molar-refractivity contribution in [3.05, 3.63) is 0 Å². The minimum atomic E-state index is -1.00. The van der Waals surface area contributed by atoms with Crippen LogP contribution in [0.2, 0.25) is 0 Å². The van der Waals surface area contributed by atoms with Crippen LogP contribution in [0, 0.1) is 5.92 Å². The van der Waals surface area contributed by atoms with Crippen LogP contribution < -0.4 is 5.32 Å². The van der Waals surface area contributed by atoms with Crippen molar-refractivity contribution in [1.82, 2.24) is 5.32 Å². The second kappa shape index (κ2) is 7.54. The number of hydrogen-bond donors (Lipinski definition) is 1. The van der Waals surface area contributed by atoms with Crippen LogP contribution in [0.25, 0.3) is 0 Å². The van der Waals surface area contributed by atoms with Gasteiger partial charge in [0.25, 0.3) is 0 Å². The number of carbonyl (C=O) groups excluding carboxylic acids is 3. The van der Waals surface area contributed by atoms with Crippen molar-refractivity contribution in [2.45, 2.75) is 64.6 Å². The molecule has 1 fully saturated rings. The molecule has 120 valence electrons. The maximum Gasteiger partial charge on any atom is 0.347 e. The predicted molar refractivity (Wildman–Crippen MR) is 76.6 cm³/mol. The molecule has 1 heterocycles. The van der Waals surface area contributed by atoms with Crippen molar-refractivity contribution in [2.24, 2.45) is 5.92 Å². The van der Waals surface area contributed by atoms with Gasteiger partial charge in [0.2, 0.25) is 6.10 Å². The number of cyclic esters (lactones) is 1. The van der Waals surface area contributed by atoms with E-state index in [1.807, 2.05) is 20.8 Å². The standard InChI is InChI=1S/C15H25NO5/c1-5-10(3)11(9-17)16-15(4,6-2)14(19)21-12-7-8-20-13(12)18/h9-12,16H,5-8H2,1-4H3/t10-,11+,12?,15?/m0/s1. The van der Waals surface area contributed by atoms with Crippen LogP contribution >= 0.6 is 0 Å². The fraction of sp³-hybridized carbons (Fsp3) is 0.800. The van der Waals surface area contributed by atoms with Crippen LogP contribution in [0.5, 0.6) is 0 Å². The maximum atomic E-state index is 12.4. The van der Waals surface area contributed by atoms with Gasteiger partial charge in [0.05, 0.1) is 12.6 Å². The molecule has 1 aliphatic heterocycles. The molecule has 0 amide bonds. The molecule has 0 aromatic carbocycles. The Morgan fingerprint density at radius 1 is 1.57 bits per heavy atom. The van der Waals surface area contributed by atoms with Gasteiger partial charge < -0.3 is 14.3 Å². The molecule has 1 rings (SSSR count). The number of esters is 2. The molecule has 1 aliphatic rings. The van der Waals surface area contributed by atoms with E-state index >= 15 is 0 Å². The van der Waals surface area contributed by atoms with Gasteiger partial charge in [-0.3, -0.25) is 10.1 Å². The fourth-order valence-corrected chi connectivity index (χ4v) is 2.08. The molecule has 0 bridgehead atoms. The van der Waals surface area contributed by atoms with E-state index in [0.717, 1.165) is 12.7 Å². The van der Waals surface area contributed by atoms with Gasteiger partial charge in [-0.05, 0) is 19.3 Å². The first-order valence-corrected chi connectivity index (χ1v) is 7.48. The van der Waals surface area contributed by atoms with E-state index in [1.54, 1.807) is 6.92 Å². The fourth-order valence-electron chi connectivity index (χ4n) is 2.08. The zero-order valence-corrected chi connectivity index (χ0v) is 13.2. The molecule has 4 atom stereocenters. The third-order valence-electron chi connectivity index (χ3n) is 4.18. The molecule has 0 aliphatic carbocycles. The van der Waals surface area contributed by atoms with Crippen LogP contribution in [0.3, 0.4) is 0 Å². The molecule has 0 aromatic rings. The third kappa shape index (κ3) is 4.27. The smallest absolute Gasteiger partial charge is 0.347 e. The summed E-state index contributed by atoms with van der Waals surface area (Å²) in [6.07, 6.45) is 1.64. The Bertz CT molecular complexity index is 398. The number of carbonyl (C=O) groups is 3. The predicted octanol–water partition coefficient (Wildman–Crippen LogP) is 1.22. The lowest BCUT2D eigenvalue weighted by Crippen LogP contribution is -2.57. The highest BCUT2D eigenvalue weighted by Gasteiger charge is 2.40. The van der Waals surface area contributed by atoms with Crippen LogP contribution in [-0.2, 0) is 23.9 Å². The van der Waals surface area contributed by atoms with Crippen molar-refractivity contribution in [3.8, 4) is 0 Å². The molecule has 6 nitrogen and oxygen atoms in total. The summed E-state index contributed by atoms with van der Waals surface area (Å²) in [5.41, 5.74) is -1.00. The van der Waals surface area contributed by atoms with Crippen molar-refractivity contribution in [1.29, 1.82) is 0 Å². The van der Waals surface area contributed by atoms with E-state index in [-0.39, 0.29) is 12.5 Å². The quantitative estimate of drug-likeness (QED) is 0.536. The van der Waals surface area contributed by atoms with Gasteiger partial charge in [0.15, 0.2) is 0 Å². The van der Waals surface area contributed by atoms with E-state index in [2.05, 4.69) is 5.32 Å². The number of nitrogens with one attached hydrogen (secondary N) is 1. The average Bonchev–Trinajstić information content (AvgIpc) is 2.88. The number of ether oxygens (including phenoxy) is 2. The van der Waals surface area contributed by atoms with E-state index in [4.69, 9.17) is 9.47 Å². The van der Waals surface area contributed by atoms with Crippen LogP contribution in [0.15, 0.2) is 0 Å². The van der Waals surface area contributed by atoms with Crippen LogP contribution in [-0.4, -0.2) is 42.5 Å². The van der Waals surface area contributed by atoms with Crippen LogP contribution in [0.1, 0.15) is 47.0 Å². The summed E-state index contributed by atoms with van der Waals surface area (Å²) in [4.78, 5) is 35.0. The van der Waals surface area contributed by atoms with Gasteiger partial charge in [-0.15, -0.1) is 0 Å². The highest BCUT2D eigenvalue weighted by molar-refractivity contribution is 5.85. The highest BCUT2D eigenvalue weighted by Crippen LogP contribution is 2.19. The minimum Gasteiger partial charge on any atom is -0.463 e. The first-order chi connectivity index (χ1) is 9.87. The van der Waals surface area contributed by atoms with Crippen LogP contribution in [0.4, 0.5) is 0 Å². The molecule has 1 N–H and O–H groups in total. The monoisotopic (exact) mass is 299 g/mol. The molecule has 21 heavy (non-hydrogen) atoms. The first kappa shape index (κ1) is 17.6. The molecule has 6 heteroatoms. The molecule has 1 saturated heterocycles. The molecule has 0 radical (unpaired) electrons. The highest BCUT2D eigenvalue weighted by atomic mass is 16.6. The normalized spacial score (nSPS) is 23.8. The number of aldehydes is 1. The summed E-state index contributed by atoms with van der Waals surface area (Å²) >= 11 is 0. The summed E-state index contributed by atoms with van der Waals surface area (Å²) in [5.74, 6) is -0.919. The van der Waals surface area contributed by atoms with Gasteiger partial charge in [-0.2, -0.15) is 0 Å². The van der Waals surface area contributed by atoms with E-state index in [9.17, 15) is 14.4 Å². The Kier molecular flexibility index (Phi) is 6.33. The number of hydrogen-bond acceptors (Lipinski definition) is 6. The second-order valence-electron chi connectivity index (χ2n) is 5.73. The topological polar surface area (TPSA) is 81.7 Å². The van der Waals surface area contributed by atoms with Gasteiger partial charge in [-0.25, -0.2) is 4.79 Å². The van der Waals surface area contributed by atoms with E-state index in [1.165, 1.54) is 0 Å². The summed E-state index contributed by atoms with van der Waals surface area (Å²) < 4.78 is 10.0. The molecular weight excluding hydrogens is 274 g/mol. The van der Waals surface area contributed by atoms with Crippen molar-refractivity contribution in [2.75, 3.05) is 6.61 Å². The third-order valence-corrected chi connectivity index (χ3v) is 4.18. The lowest BCUT2D eigenvalue weighted by Gasteiger charge is -2.32. The Morgan fingerprint density at radius 3 is 2.67 bits per heavy atom. The lowest BCUT2D eigenvalue weighted by atomic mass is 9.93. The molecular formula is C15H25NO5. The zero-order valence-electron chi connectivity index (χ0n) is 13.2. The van der Waals surface area contributed by atoms with E-state index in [0.29, 0.717) is 12.8 Å². The Labute approximate surface area is 125 Å². The zero-order chi connectivity index (χ0) is 16.0. The average molecular weight is 299 g/mol. The molecule has 0 spiro atoms. The minimum absolute atomic E-state index is 0.109. The maximum absolute atomic E-state index is 12.4. The largest absolute Gasteiger partial charge is 0.463 e. The Morgan fingerprint density at radius 2 is 2.24 bits per heavy atom. The van der Waals surface area contributed by atoms with Gasteiger partial charge in [-0.1, -0.05) is 27.2 Å². The Hall–Kier alpha value is -1.43. The summed E-state index contributed by atoms with van der Waals surface area (Å²) in [6.45, 7) is 7.73.